The van der Waals surface area contributed by atoms with Crippen molar-refractivity contribution in [2.24, 2.45) is 5.73 Å². The van der Waals surface area contributed by atoms with Gasteiger partial charge >= 0.3 is 0 Å². The highest BCUT2D eigenvalue weighted by Gasteiger charge is 2.32. The maximum absolute atomic E-state index is 5.89. The Bertz CT molecular complexity index is 339. The van der Waals surface area contributed by atoms with Crippen molar-refractivity contribution in [1.82, 2.24) is 4.98 Å². The summed E-state index contributed by atoms with van der Waals surface area (Å²) in [7, 11) is 0. The van der Waals surface area contributed by atoms with Crippen LogP contribution in [0.2, 0.25) is 0 Å². The Labute approximate surface area is 96.4 Å². The van der Waals surface area contributed by atoms with Crippen molar-refractivity contribution in [2.45, 2.75) is 25.6 Å². The van der Waals surface area contributed by atoms with Gasteiger partial charge in [0.25, 0.3) is 0 Å². The first-order valence-electron chi connectivity index (χ1n) is 5.63. The van der Waals surface area contributed by atoms with E-state index in [-0.39, 0.29) is 11.7 Å². The van der Waals surface area contributed by atoms with Crippen LogP contribution in [0.5, 0.6) is 0 Å². The van der Waals surface area contributed by atoms with Crippen LogP contribution in [0.3, 0.4) is 0 Å². The monoisotopic (exact) mass is 221 g/mol. The van der Waals surface area contributed by atoms with E-state index >= 15 is 0 Å². The number of hydrogen-bond donors (Lipinski definition) is 1. The summed E-state index contributed by atoms with van der Waals surface area (Å²) in [6, 6.07) is 4.05. The van der Waals surface area contributed by atoms with Crippen LogP contribution in [0.4, 0.5) is 5.69 Å². The van der Waals surface area contributed by atoms with Gasteiger partial charge < -0.3 is 15.4 Å². The molecule has 1 unspecified atom stereocenters. The molecule has 1 aromatic rings. The van der Waals surface area contributed by atoms with Gasteiger partial charge in [0.05, 0.1) is 11.7 Å². The number of morpholine rings is 1. The Hall–Kier alpha value is -1.13. The summed E-state index contributed by atoms with van der Waals surface area (Å²) in [5, 5.41) is 0. The normalized spacial score (nSPS) is 24.4. The predicted octanol–water partition coefficient (Wildman–Crippen LogP) is 1.02. The molecule has 88 valence electrons. The molecule has 0 bridgehead atoms. The van der Waals surface area contributed by atoms with E-state index in [0.717, 1.165) is 13.1 Å². The second kappa shape index (κ2) is 4.39. The summed E-state index contributed by atoms with van der Waals surface area (Å²) in [5.41, 5.74) is 6.74. The lowest BCUT2D eigenvalue weighted by Crippen LogP contribution is -2.54. The molecule has 4 heteroatoms. The average molecular weight is 221 g/mol. The smallest absolute Gasteiger partial charge is 0.0879 e. The molecule has 2 N–H and O–H groups in total. The third-order valence-electron chi connectivity index (χ3n) is 2.77. The first-order chi connectivity index (χ1) is 7.61. The van der Waals surface area contributed by atoms with E-state index < -0.39 is 0 Å². The molecular formula is C12H19N3O. The van der Waals surface area contributed by atoms with Gasteiger partial charge in [-0.05, 0) is 26.0 Å². The van der Waals surface area contributed by atoms with Crippen LogP contribution in [0.1, 0.15) is 13.8 Å². The number of nitrogens with two attached hydrogens (primary N) is 1. The molecule has 16 heavy (non-hydrogen) atoms. The highest BCUT2D eigenvalue weighted by Crippen LogP contribution is 2.25. The zero-order valence-corrected chi connectivity index (χ0v) is 9.89. The van der Waals surface area contributed by atoms with Crippen LogP contribution in [-0.2, 0) is 4.74 Å². The van der Waals surface area contributed by atoms with E-state index in [9.17, 15) is 0 Å². The highest BCUT2D eigenvalue weighted by molar-refractivity contribution is 5.45. The van der Waals surface area contributed by atoms with Gasteiger partial charge in [-0.15, -0.1) is 0 Å². The molecule has 1 atom stereocenters. The topological polar surface area (TPSA) is 51.4 Å². The minimum absolute atomic E-state index is 0.108. The summed E-state index contributed by atoms with van der Waals surface area (Å²) in [4.78, 5) is 6.34. The van der Waals surface area contributed by atoms with Crippen molar-refractivity contribution in [2.75, 3.05) is 24.5 Å². The number of pyridine rings is 1. The highest BCUT2D eigenvalue weighted by atomic mass is 16.5. The predicted molar refractivity (Wildman–Crippen MR) is 64.5 cm³/mol. The molecule has 0 aromatic carbocycles. The maximum atomic E-state index is 5.89. The first-order valence-corrected chi connectivity index (χ1v) is 5.63. The molecule has 1 aliphatic heterocycles. The molecule has 2 rings (SSSR count). The SMILES string of the molecule is CC1(C)CN(c2ccncc2)CC(CN)O1. The fraction of sp³-hybridized carbons (Fsp3) is 0.583. The molecule has 0 spiro atoms. The largest absolute Gasteiger partial charge is 0.367 e. The molecule has 1 saturated heterocycles. The Morgan fingerprint density at radius 3 is 2.81 bits per heavy atom. The van der Waals surface area contributed by atoms with Gasteiger partial charge in [0.2, 0.25) is 0 Å². The molecule has 0 aliphatic carbocycles. The van der Waals surface area contributed by atoms with Gasteiger partial charge in [0.15, 0.2) is 0 Å². The van der Waals surface area contributed by atoms with E-state index in [2.05, 4.69) is 23.7 Å². The van der Waals surface area contributed by atoms with Crippen LogP contribution in [-0.4, -0.2) is 36.3 Å². The van der Waals surface area contributed by atoms with Crippen LogP contribution >= 0.6 is 0 Å². The molecule has 2 heterocycles. The molecule has 1 aromatic heterocycles. The van der Waals surface area contributed by atoms with Crippen molar-refractivity contribution >= 4 is 5.69 Å². The van der Waals surface area contributed by atoms with Crippen LogP contribution in [0.25, 0.3) is 0 Å². The van der Waals surface area contributed by atoms with E-state index in [1.165, 1.54) is 5.69 Å². The lowest BCUT2D eigenvalue weighted by molar-refractivity contribution is -0.0788. The Morgan fingerprint density at radius 2 is 2.19 bits per heavy atom. The van der Waals surface area contributed by atoms with E-state index in [1.807, 2.05) is 24.5 Å². The Kier molecular flexibility index (Phi) is 3.12. The number of hydrogen-bond acceptors (Lipinski definition) is 4. The zero-order chi connectivity index (χ0) is 11.6. The van der Waals surface area contributed by atoms with Gasteiger partial charge in [-0.3, -0.25) is 4.98 Å². The quantitative estimate of drug-likeness (QED) is 0.810. The summed E-state index contributed by atoms with van der Waals surface area (Å²) in [6.45, 7) is 6.49. The summed E-state index contributed by atoms with van der Waals surface area (Å²) < 4.78 is 5.89. The third-order valence-corrected chi connectivity index (χ3v) is 2.77. The van der Waals surface area contributed by atoms with Crippen molar-refractivity contribution in [3.63, 3.8) is 0 Å². The molecular weight excluding hydrogens is 202 g/mol. The minimum Gasteiger partial charge on any atom is -0.367 e. The van der Waals surface area contributed by atoms with Gasteiger partial charge in [0, 0.05) is 37.7 Å². The fourth-order valence-corrected chi connectivity index (χ4v) is 2.17. The van der Waals surface area contributed by atoms with Crippen molar-refractivity contribution < 1.29 is 4.74 Å². The van der Waals surface area contributed by atoms with Crippen LogP contribution in [0, 0.1) is 0 Å². The van der Waals surface area contributed by atoms with Gasteiger partial charge in [-0.1, -0.05) is 0 Å². The molecule has 0 saturated carbocycles. The lowest BCUT2D eigenvalue weighted by Gasteiger charge is -2.43. The zero-order valence-electron chi connectivity index (χ0n) is 9.89. The molecule has 1 aliphatic rings. The standard InChI is InChI=1S/C12H19N3O/c1-12(2)9-15(8-11(7-13)16-12)10-3-5-14-6-4-10/h3-6,11H,7-9,13H2,1-2H3. The van der Waals surface area contributed by atoms with Gasteiger partial charge in [-0.25, -0.2) is 0 Å². The molecule has 4 nitrogen and oxygen atoms in total. The van der Waals surface area contributed by atoms with E-state index in [0.29, 0.717) is 6.54 Å². The van der Waals surface area contributed by atoms with E-state index in [1.54, 1.807) is 0 Å². The second-order valence-electron chi connectivity index (χ2n) is 4.82. The minimum atomic E-state index is -0.147. The third kappa shape index (κ3) is 2.51. The number of ether oxygens (including phenoxy) is 1. The van der Waals surface area contributed by atoms with Crippen LogP contribution in [0.15, 0.2) is 24.5 Å². The number of nitrogens with zero attached hydrogens (tertiary/aromatic N) is 2. The number of aromatic nitrogens is 1. The second-order valence-corrected chi connectivity index (χ2v) is 4.82. The lowest BCUT2D eigenvalue weighted by atomic mass is 10.0. The summed E-state index contributed by atoms with van der Waals surface area (Å²) >= 11 is 0. The number of rotatable bonds is 2. The molecule has 0 radical (unpaired) electrons. The van der Waals surface area contributed by atoms with Crippen molar-refractivity contribution in [3.05, 3.63) is 24.5 Å². The Morgan fingerprint density at radius 1 is 1.50 bits per heavy atom. The summed E-state index contributed by atoms with van der Waals surface area (Å²) in [5.74, 6) is 0. The van der Waals surface area contributed by atoms with E-state index in [4.69, 9.17) is 10.5 Å². The fourth-order valence-electron chi connectivity index (χ4n) is 2.17. The first kappa shape index (κ1) is 11.4. The number of anilines is 1. The van der Waals surface area contributed by atoms with Crippen molar-refractivity contribution in [3.8, 4) is 0 Å². The average Bonchev–Trinajstić information content (AvgIpc) is 2.28. The summed E-state index contributed by atoms with van der Waals surface area (Å²) in [6.07, 6.45) is 3.74. The molecule has 0 amide bonds. The Balaban J connectivity index is 2.16. The maximum Gasteiger partial charge on any atom is 0.0879 e. The molecule has 1 fully saturated rings. The van der Waals surface area contributed by atoms with Crippen molar-refractivity contribution in [1.29, 1.82) is 0 Å². The van der Waals surface area contributed by atoms with Crippen LogP contribution < -0.4 is 10.6 Å². The van der Waals surface area contributed by atoms with Gasteiger partial charge in [-0.2, -0.15) is 0 Å². The van der Waals surface area contributed by atoms with Gasteiger partial charge in [0.1, 0.15) is 0 Å².